The van der Waals surface area contributed by atoms with E-state index in [-0.39, 0.29) is 0 Å². The Morgan fingerprint density at radius 2 is 1.64 bits per heavy atom. The summed E-state index contributed by atoms with van der Waals surface area (Å²) in [4.78, 5) is 0. The van der Waals surface area contributed by atoms with Crippen molar-refractivity contribution in [2.24, 2.45) is 0 Å². The summed E-state index contributed by atoms with van der Waals surface area (Å²) in [7, 11) is 0. The summed E-state index contributed by atoms with van der Waals surface area (Å²) in [6, 6.07) is 3.36. The van der Waals surface area contributed by atoms with E-state index in [0.717, 1.165) is 5.56 Å². The molecular weight excluding hydrogens is 262 g/mol. The van der Waals surface area contributed by atoms with Crippen LogP contribution < -0.4 is 0 Å². The minimum absolute atomic E-state index is 0.358. The summed E-state index contributed by atoms with van der Waals surface area (Å²) < 4.78 is 0. The van der Waals surface area contributed by atoms with Crippen LogP contribution in [-0.4, -0.2) is 5.88 Å². The van der Waals surface area contributed by atoms with Crippen LogP contribution in [0.25, 0.3) is 0 Å². The number of alkyl halides is 1. The molecule has 0 nitrogen and oxygen atoms in total. The van der Waals surface area contributed by atoms with Crippen molar-refractivity contribution in [1.29, 1.82) is 0 Å². The van der Waals surface area contributed by atoms with Gasteiger partial charge in [-0.3, -0.25) is 0 Å². The van der Waals surface area contributed by atoms with Gasteiger partial charge >= 0.3 is 0 Å². The Balaban J connectivity index is 2.97. The molecule has 0 radical (unpaired) electrons. The monoisotopic (exact) mass is 266 g/mol. The molecule has 1 aromatic carbocycles. The second-order valence-electron chi connectivity index (χ2n) is 2.49. The number of halogens is 4. The smallest absolute Gasteiger partial charge is 0.0779 e. The summed E-state index contributed by atoms with van der Waals surface area (Å²) in [6.45, 7) is 0. The van der Waals surface area contributed by atoms with E-state index in [4.69, 9.17) is 46.4 Å². The van der Waals surface area contributed by atoms with Crippen molar-refractivity contribution in [2.45, 2.75) is 6.42 Å². The lowest BCUT2D eigenvalue weighted by atomic mass is 10.2. The lowest BCUT2D eigenvalue weighted by Gasteiger charge is -1.99. The third-order valence-corrected chi connectivity index (χ3v) is 2.82. The second kappa shape index (κ2) is 5.73. The average molecular weight is 268 g/mol. The molecule has 14 heavy (non-hydrogen) atoms. The summed E-state index contributed by atoms with van der Waals surface area (Å²) in [5.41, 5.74) is 0.745. The molecule has 0 aliphatic rings. The molecule has 0 atom stereocenters. The predicted molar refractivity (Wildman–Crippen MR) is 63.7 cm³/mol. The van der Waals surface area contributed by atoms with E-state index < -0.39 is 0 Å². The topological polar surface area (TPSA) is 0 Å². The molecule has 0 unspecified atom stereocenters. The third kappa shape index (κ3) is 3.26. The van der Waals surface area contributed by atoms with Gasteiger partial charge in [0.2, 0.25) is 0 Å². The van der Waals surface area contributed by atoms with Gasteiger partial charge in [0.05, 0.1) is 15.1 Å². The summed E-state index contributed by atoms with van der Waals surface area (Å²) >= 11 is 22.9. The van der Waals surface area contributed by atoms with Gasteiger partial charge in [-0.2, -0.15) is 0 Å². The third-order valence-electron chi connectivity index (χ3n) is 1.44. The van der Waals surface area contributed by atoms with Gasteiger partial charge in [-0.1, -0.05) is 46.6 Å². The van der Waals surface area contributed by atoms with Crippen molar-refractivity contribution >= 4 is 46.4 Å². The number of rotatable bonds is 1. The van der Waals surface area contributed by atoms with Crippen molar-refractivity contribution in [3.63, 3.8) is 0 Å². The Kier molecular flexibility index (Phi) is 4.92. The van der Waals surface area contributed by atoms with Crippen molar-refractivity contribution < 1.29 is 0 Å². The molecule has 0 aliphatic carbocycles. The molecule has 0 fully saturated rings. The first kappa shape index (κ1) is 12.0. The standard InChI is InChI=1S/C10H6Cl4/c11-4-2-1-3-7-5-8(12)10(14)9(13)6-7/h5-6H,2,4H2. The lowest BCUT2D eigenvalue weighted by Crippen LogP contribution is -1.78. The lowest BCUT2D eigenvalue weighted by molar-refractivity contribution is 1.29. The fraction of sp³-hybridized carbons (Fsp3) is 0.200. The van der Waals surface area contributed by atoms with Gasteiger partial charge in [-0.15, -0.1) is 11.6 Å². The van der Waals surface area contributed by atoms with Gasteiger partial charge in [0.25, 0.3) is 0 Å². The van der Waals surface area contributed by atoms with Gasteiger partial charge in [0.15, 0.2) is 0 Å². The highest BCUT2D eigenvalue weighted by atomic mass is 35.5. The fourth-order valence-corrected chi connectivity index (χ4v) is 1.53. The van der Waals surface area contributed by atoms with E-state index in [1.807, 2.05) is 0 Å². The van der Waals surface area contributed by atoms with Crippen LogP contribution in [0.3, 0.4) is 0 Å². The Labute approximate surface area is 103 Å². The maximum atomic E-state index is 5.82. The van der Waals surface area contributed by atoms with E-state index in [1.54, 1.807) is 12.1 Å². The predicted octanol–water partition coefficient (Wildman–Crippen LogP) is 4.63. The molecule has 0 amide bonds. The molecule has 0 bridgehead atoms. The molecule has 1 rings (SSSR count). The molecule has 4 heteroatoms. The van der Waals surface area contributed by atoms with Crippen molar-refractivity contribution in [3.8, 4) is 11.8 Å². The molecule has 0 saturated heterocycles. The molecule has 1 aromatic rings. The van der Waals surface area contributed by atoms with Gasteiger partial charge in [-0.05, 0) is 12.1 Å². The minimum Gasteiger partial charge on any atom is -0.126 e. The molecule has 0 saturated carbocycles. The minimum atomic E-state index is 0.358. The second-order valence-corrected chi connectivity index (χ2v) is 4.06. The highest BCUT2D eigenvalue weighted by molar-refractivity contribution is 6.48. The van der Waals surface area contributed by atoms with E-state index in [1.165, 1.54) is 0 Å². The van der Waals surface area contributed by atoms with Crippen LogP contribution in [0.5, 0.6) is 0 Å². The van der Waals surface area contributed by atoms with Crippen LogP contribution in [-0.2, 0) is 0 Å². The molecule has 0 aliphatic heterocycles. The van der Waals surface area contributed by atoms with Crippen LogP contribution in [0.4, 0.5) is 0 Å². The van der Waals surface area contributed by atoms with E-state index >= 15 is 0 Å². The highest BCUT2D eigenvalue weighted by Gasteiger charge is 2.03. The van der Waals surface area contributed by atoms with Crippen LogP contribution in [0, 0.1) is 11.8 Å². The van der Waals surface area contributed by atoms with E-state index in [2.05, 4.69) is 11.8 Å². The number of hydrogen-bond donors (Lipinski definition) is 0. The maximum Gasteiger partial charge on any atom is 0.0779 e. The fourth-order valence-electron chi connectivity index (χ4n) is 0.839. The summed E-state index contributed by atoms with van der Waals surface area (Å²) in [5, 5.41) is 1.18. The van der Waals surface area contributed by atoms with Crippen LogP contribution >= 0.6 is 46.4 Å². The Hall–Kier alpha value is -0.0600. The molecule has 0 aromatic heterocycles. The van der Waals surface area contributed by atoms with Crippen molar-refractivity contribution in [3.05, 3.63) is 32.8 Å². The molecule has 0 spiro atoms. The maximum absolute atomic E-state index is 5.82. The first-order valence-corrected chi connectivity index (χ1v) is 5.51. The zero-order valence-electron chi connectivity index (χ0n) is 7.08. The highest BCUT2D eigenvalue weighted by Crippen LogP contribution is 2.30. The normalized spacial score (nSPS) is 9.43. The van der Waals surface area contributed by atoms with Crippen LogP contribution in [0.2, 0.25) is 15.1 Å². The first-order valence-electron chi connectivity index (χ1n) is 3.84. The Morgan fingerprint density at radius 1 is 1.07 bits per heavy atom. The molecule has 74 valence electrons. The number of benzene rings is 1. The van der Waals surface area contributed by atoms with Gasteiger partial charge in [0, 0.05) is 17.9 Å². The average Bonchev–Trinajstić information content (AvgIpc) is 2.14. The zero-order chi connectivity index (χ0) is 10.6. The van der Waals surface area contributed by atoms with E-state index in [9.17, 15) is 0 Å². The summed E-state index contributed by atoms with van der Waals surface area (Å²) in [5.74, 6) is 6.29. The molecule has 0 heterocycles. The van der Waals surface area contributed by atoms with Gasteiger partial charge < -0.3 is 0 Å². The number of hydrogen-bond acceptors (Lipinski definition) is 0. The quantitative estimate of drug-likeness (QED) is 0.396. The van der Waals surface area contributed by atoms with E-state index in [0.29, 0.717) is 27.4 Å². The van der Waals surface area contributed by atoms with Gasteiger partial charge in [-0.25, -0.2) is 0 Å². The SMILES string of the molecule is ClCCC#Cc1cc(Cl)c(Cl)c(Cl)c1. The van der Waals surface area contributed by atoms with Gasteiger partial charge in [0.1, 0.15) is 0 Å². The van der Waals surface area contributed by atoms with Crippen molar-refractivity contribution in [2.75, 3.05) is 5.88 Å². The summed E-state index contributed by atoms with van der Waals surface area (Å²) in [6.07, 6.45) is 0.638. The molecule has 0 N–H and O–H groups in total. The van der Waals surface area contributed by atoms with Crippen molar-refractivity contribution in [1.82, 2.24) is 0 Å². The Bertz CT molecular complexity index is 364. The largest absolute Gasteiger partial charge is 0.126 e. The van der Waals surface area contributed by atoms with Crippen LogP contribution in [0.15, 0.2) is 12.1 Å². The zero-order valence-corrected chi connectivity index (χ0v) is 10.1. The van der Waals surface area contributed by atoms with Crippen LogP contribution in [0.1, 0.15) is 12.0 Å². The molecular formula is C10H6Cl4. The Morgan fingerprint density at radius 3 is 2.14 bits per heavy atom. The first-order chi connectivity index (χ1) is 6.65.